The van der Waals surface area contributed by atoms with Crippen molar-refractivity contribution in [1.82, 2.24) is 15.2 Å². The molecule has 1 aromatic heterocycles. The summed E-state index contributed by atoms with van der Waals surface area (Å²) >= 11 is 0. The molecule has 0 aliphatic rings. The van der Waals surface area contributed by atoms with Crippen LogP contribution in [0.4, 0.5) is 4.79 Å². The molecule has 0 fully saturated rings. The second-order valence-corrected chi connectivity index (χ2v) is 5.89. The van der Waals surface area contributed by atoms with Crippen LogP contribution >= 0.6 is 0 Å². The minimum atomic E-state index is -0.921. The summed E-state index contributed by atoms with van der Waals surface area (Å²) in [6, 6.07) is 4.97. The van der Waals surface area contributed by atoms with Crippen molar-refractivity contribution in [2.45, 2.75) is 45.7 Å². The Morgan fingerprint density at radius 1 is 1.38 bits per heavy atom. The number of rotatable bonds is 5. The molecular weight excluding hydrogens is 270 g/mol. The van der Waals surface area contributed by atoms with E-state index in [1.54, 1.807) is 6.20 Å². The van der Waals surface area contributed by atoms with Gasteiger partial charge in [0.15, 0.2) is 0 Å². The molecule has 1 rings (SSSR count). The van der Waals surface area contributed by atoms with Gasteiger partial charge in [0, 0.05) is 18.3 Å². The third-order valence-electron chi connectivity index (χ3n) is 3.08. The molecule has 6 nitrogen and oxygen atoms in total. The van der Waals surface area contributed by atoms with E-state index in [0.29, 0.717) is 0 Å². The number of hydrogen-bond donors (Lipinski definition) is 2. The molecule has 0 radical (unpaired) electrons. The molecule has 1 unspecified atom stereocenters. The van der Waals surface area contributed by atoms with E-state index in [1.807, 2.05) is 45.9 Å². The molecular formula is C15H23N3O3. The SMILES string of the molecule is CC(NC(=O)N(CCC(=O)O)C(C)(C)C)c1ccccn1. The summed E-state index contributed by atoms with van der Waals surface area (Å²) < 4.78 is 0. The molecule has 1 aromatic rings. The summed E-state index contributed by atoms with van der Waals surface area (Å²) in [6.45, 7) is 7.64. The van der Waals surface area contributed by atoms with Crippen molar-refractivity contribution in [2.75, 3.05) is 6.54 Å². The van der Waals surface area contributed by atoms with Crippen LogP contribution in [0.2, 0.25) is 0 Å². The molecule has 0 bridgehead atoms. The van der Waals surface area contributed by atoms with Gasteiger partial charge in [0.25, 0.3) is 0 Å². The number of urea groups is 1. The summed E-state index contributed by atoms with van der Waals surface area (Å²) in [5, 5.41) is 11.7. The number of aliphatic carboxylic acids is 1. The van der Waals surface area contributed by atoms with Gasteiger partial charge in [0.1, 0.15) is 0 Å². The lowest BCUT2D eigenvalue weighted by Crippen LogP contribution is -2.51. The van der Waals surface area contributed by atoms with Crippen LogP contribution in [0.1, 0.15) is 45.9 Å². The highest BCUT2D eigenvalue weighted by Crippen LogP contribution is 2.16. The van der Waals surface area contributed by atoms with Crippen LogP contribution in [0.5, 0.6) is 0 Å². The molecule has 6 heteroatoms. The van der Waals surface area contributed by atoms with Gasteiger partial charge < -0.3 is 15.3 Å². The molecule has 1 heterocycles. The number of nitrogens with zero attached hydrogens (tertiary/aromatic N) is 2. The molecule has 2 amide bonds. The van der Waals surface area contributed by atoms with Crippen molar-refractivity contribution in [3.63, 3.8) is 0 Å². The number of hydrogen-bond acceptors (Lipinski definition) is 3. The van der Waals surface area contributed by atoms with E-state index >= 15 is 0 Å². The maximum Gasteiger partial charge on any atom is 0.318 e. The fourth-order valence-electron chi connectivity index (χ4n) is 1.92. The minimum Gasteiger partial charge on any atom is -0.481 e. The average Bonchev–Trinajstić information content (AvgIpc) is 2.37. The second-order valence-electron chi connectivity index (χ2n) is 5.89. The number of nitrogens with one attached hydrogen (secondary N) is 1. The monoisotopic (exact) mass is 293 g/mol. The number of pyridine rings is 1. The number of carbonyl (C=O) groups excluding carboxylic acids is 1. The van der Waals surface area contributed by atoms with E-state index in [4.69, 9.17) is 5.11 Å². The maximum atomic E-state index is 12.4. The zero-order chi connectivity index (χ0) is 16.0. The van der Waals surface area contributed by atoms with Crippen molar-refractivity contribution in [3.8, 4) is 0 Å². The Morgan fingerprint density at radius 2 is 2.05 bits per heavy atom. The first-order valence-electron chi connectivity index (χ1n) is 6.92. The summed E-state index contributed by atoms with van der Waals surface area (Å²) in [5.41, 5.74) is 0.307. The van der Waals surface area contributed by atoms with E-state index in [0.717, 1.165) is 5.69 Å². The van der Waals surface area contributed by atoms with E-state index in [-0.39, 0.29) is 25.0 Å². The van der Waals surface area contributed by atoms with Gasteiger partial charge in [-0.15, -0.1) is 0 Å². The molecule has 0 aliphatic carbocycles. The van der Waals surface area contributed by atoms with Gasteiger partial charge in [0.05, 0.1) is 18.2 Å². The van der Waals surface area contributed by atoms with Gasteiger partial charge >= 0.3 is 12.0 Å². The standard InChI is InChI=1S/C15H23N3O3/c1-11(12-7-5-6-9-16-12)17-14(21)18(15(2,3)4)10-8-13(19)20/h5-7,9,11H,8,10H2,1-4H3,(H,17,21)(H,19,20). The lowest BCUT2D eigenvalue weighted by molar-refractivity contribution is -0.137. The first kappa shape index (κ1) is 16.9. The number of carbonyl (C=O) groups is 2. The highest BCUT2D eigenvalue weighted by Gasteiger charge is 2.27. The lowest BCUT2D eigenvalue weighted by atomic mass is 10.1. The Labute approximate surface area is 125 Å². The van der Waals surface area contributed by atoms with Crippen LogP contribution < -0.4 is 5.32 Å². The summed E-state index contributed by atoms with van der Waals surface area (Å²) in [5.74, 6) is -0.921. The highest BCUT2D eigenvalue weighted by molar-refractivity contribution is 5.76. The third-order valence-corrected chi connectivity index (χ3v) is 3.08. The van der Waals surface area contributed by atoms with Crippen LogP contribution in [0.15, 0.2) is 24.4 Å². The third kappa shape index (κ3) is 5.41. The molecule has 0 aromatic carbocycles. The normalized spacial score (nSPS) is 12.6. The van der Waals surface area contributed by atoms with E-state index < -0.39 is 11.5 Å². The summed E-state index contributed by atoms with van der Waals surface area (Å²) in [6.07, 6.45) is 1.59. The van der Waals surface area contributed by atoms with Gasteiger partial charge in [0.2, 0.25) is 0 Å². The predicted molar refractivity (Wildman–Crippen MR) is 79.9 cm³/mol. The molecule has 0 saturated carbocycles. The van der Waals surface area contributed by atoms with Crippen molar-refractivity contribution in [3.05, 3.63) is 30.1 Å². The van der Waals surface area contributed by atoms with Crippen LogP contribution in [0.25, 0.3) is 0 Å². The van der Waals surface area contributed by atoms with Crippen LogP contribution in [0.3, 0.4) is 0 Å². The topological polar surface area (TPSA) is 82.5 Å². The zero-order valence-corrected chi connectivity index (χ0v) is 13.0. The summed E-state index contributed by atoms with van der Waals surface area (Å²) in [4.78, 5) is 28.8. The van der Waals surface area contributed by atoms with Crippen molar-refractivity contribution < 1.29 is 14.7 Å². The Morgan fingerprint density at radius 3 is 2.52 bits per heavy atom. The molecule has 116 valence electrons. The minimum absolute atomic E-state index is 0.0807. The Bertz CT molecular complexity index is 483. The van der Waals surface area contributed by atoms with Gasteiger partial charge in [-0.25, -0.2) is 4.79 Å². The molecule has 0 aliphatic heterocycles. The number of amides is 2. The van der Waals surface area contributed by atoms with Crippen molar-refractivity contribution in [1.29, 1.82) is 0 Å². The highest BCUT2D eigenvalue weighted by atomic mass is 16.4. The van der Waals surface area contributed by atoms with Crippen LogP contribution in [-0.4, -0.2) is 39.1 Å². The first-order chi connectivity index (χ1) is 9.71. The first-order valence-corrected chi connectivity index (χ1v) is 6.92. The van der Waals surface area contributed by atoms with E-state index in [2.05, 4.69) is 10.3 Å². The molecule has 0 spiro atoms. The molecule has 21 heavy (non-hydrogen) atoms. The fourth-order valence-corrected chi connectivity index (χ4v) is 1.92. The van der Waals surface area contributed by atoms with Crippen molar-refractivity contribution in [2.24, 2.45) is 0 Å². The average molecular weight is 293 g/mol. The van der Waals surface area contributed by atoms with Gasteiger partial charge in [-0.05, 0) is 39.8 Å². The smallest absolute Gasteiger partial charge is 0.318 e. The largest absolute Gasteiger partial charge is 0.481 e. The quantitative estimate of drug-likeness (QED) is 0.873. The van der Waals surface area contributed by atoms with Crippen LogP contribution in [0, 0.1) is 0 Å². The van der Waals surface area contributed by atoms with E-state index in [1.165, 1.54) is 4.90 Å². The fraction of sp³-hybridized carbons (Fsp3) is 0.533. The van der Waals surface area contributed by atoms with Crippen molar-refractivity contribution >= 4 is 12.0 Å². The number of aromatic nitrogens is 1. The molecule has 1 atom stereocenters. The number of carboxylic acid groups (broad SMARTS) is 1. The van der Waals surface area contributed by atoms with Gasteiger partial charge in [-0.2, -0.15) is 0 Å². The van der Waals surface area contributed by atoms with Gasteiger partial charge in [-0.3, -0.25) is 9.78 Å². The molecule has 0 saturated heterocycles. The second kappa shape index (κ2) is 7.06. The summed E-state index contributed by atoms with van der Waals surface area (Å²) in [7, 11) is 0. The van der Waals surface area contributed by atoms with Gasteiger partial charge in [-0.1, -0.05) is 6.07 Å². The molecule has 2 N–H and O–H groups in total. The zero-order valence-electron chi connectivity index (χ0n) is 13.0. The maximum absolute atomic E-state index is 12.4. The number of carboxylic acids is 1. The lowest BCUT2D eigenvalue weighted by Gasteiger charge is -2.36. The van der Waals surface area contributed by atoms with Crippen LogP contribution in [-0.2, 0) is 4.79 Å². The Hall–Kier alpha value is -2.11. The Balaban J connectivity index is 2.74. The van der Waals surface area contributed by atoms with E-state index in [9.17, 15) is 9.59 Å². The predicted octanol–water partition coefficient (Wildman–Crippen LogP) is 2.43. The Kier molecular flexibility index (Phi) is 5.69.